The second-order valence-corrected chi connectivity index (χ2v) is 6.73. The molecule has 1 aromatic carbocycles. The Morgan fingerprint density at radius 1 is 0.788 bits per heavy atom. The number of nitro benzene ring substituents is 1. The van der Waals surface area contributed by atoms with E-state index in [1.54, 1.807) is 12.1 Å². The van der Waals surface area contributed by atoms with Crippen molar-refractivity contribution in [1.82, 2.24) is 0 Å². The Bertz CT molecular complexity index is 1050. The normalized spacial score (nSPS) is 10.7. The highest BCUT2D eigenvalue weighted by atomic mass is 16.6. The zero-order valence-corrected chi connectivity index (χ0v) is 17.9. The summed E-state index contributed by atoms with van der Waals surface area (Å²) in [6, 6.07) is 10.4. The molecule has 0 saturated heterocycles. The standard InChI is InChI=1S/C22H21NO10/c1-28-12-16-6-8-18(32-16)21(24)30-10-14-4-3-5-15(20(14)23(26)27)11-31-22(25)19-9-7-17(33-19)13-29-2/h3-9H,10-13H2,1-2H3. The minimum absolute atomic E-state index is 0.0546. The molecule has 33 heavy (non-hydrogen) atoms. The van der Waals surface area contributed by atoms with Gasteiger partial charge in [-0.3, -0.25) is 10.1 Å². The van der Waals surface area contributed by atoms with Crippen molar-refractivity contribution in [2.75, 3.05) is 14.2 Å². The monoisotopic (exact) mass is 459 g/mol. The molecule has 0 unspecified atom stereocenters. The van der Waals surface area contributed by atoms with Crippen LogP contribution in [0.25, 0.3) is 0 Å². The van der Waals surface area contributed by atoms with Crippen molar-refractivity contribution in [2.24, 2.45) is 0 Å². The number of carbonyl (C=O) groups is 2. The maximum atomic E-state index is 12.2. The molecule has 2 aromatic heterocycles. The molecule has 0 N–H and O–H groups in total. The van der Waals surface area contributed by atoms with E-state index in [0.717, 1.165) is 0 Å². The maximum absolute atomic E-state index is 12.2. The van der Waals surface area contributed by atoms with E-state index in [-0.39, 0.29) is 54.8 Å². The van der Waals surface area contributed by atoms with Gasteiger partial charge in [0.05, 0.1) is 16.1 Å². The van der Waals surface area contributed by atoms with Crippen molar-refractivity contribution in [3.8, 4) is 0 Å². The van der Waals surface area contributed by atoms with E-state index in [1.807, 2.05) is 0 Å². The smallest absolute Gasteiger partial charge is 0.374 e. The van der Waals surface area contributed by atoms with Crippen molar-refractivity contribution in [2.45, 2.75) is 26.4 Å². The Kier molecular flexibility index (Phi) is 7.95. The third kappa shape index (κ3) is 6.05. The van der Waals surface area contributed by atoms with Crippen molar-refractivity contribution >= 4 is 17.6 Å². The molecule has 0 amide bonds. The molecule has 3 aromatic rings. The summed E-state index contributed by atoms with van der Waals surface area (Å²) in [7, 11) is 2.97. The van der Waals surface area contributed by atoms with E-state index in [1.165, 1.54) is 44.6 Å². The Morgan fingerprint density at radius 3 is 1.64 bits per heavy atom. The summed E-state index contributed by atoms with van der Waals surface area (Å²) in [4.78, 5) is 35.5. The number of hydrogen-bond acceptors (Lipinski definition) is 10. The second kappa shape index (κ2) is 11.1. The molecule has 2 heterocycles. The first-order valence-electron chi connectivity index (χ1n) is 9.67. The summed E-state index contributed by atoms with van der Waals surface area (Å²) in [5, 5.41) is 11.7. The Labute approximate surface area is 187 Å². The zero-order valence-electron chi connectivity index (χ0n) is 17.9. The summed E-state index contributed by atoms with van der Waals surface area (Å²) < 4.78 is 30.7. The number of esters is 2. The number of methoxy groups -OCH3 is 2. The first-order chi connectivity index (χ1) is 15.9. The van der Waals surface area contributed by atoms with E-state index in [2.05, 4.69) is 0 Å². The summed E-state index contributed by atoms with van der Waals surface area (Å²) >= 11 is 0. The average Bonchev–Trinajstić information content (AvgIpc) is 3.46. The Balaban J connectivity index is 1.67. The minimum Gasteiger partial charge on any atom is -0.455 e. The van der Waals surface area contributed by atoms with Crippen LogP contribution in [0.2, 0.25) is 0 Å². The van der Waals surface area contributed by atoms with Gasteiger partial charge in [0.1, 0.15) is 37.9 Å². The molecule has 3 rings (SSSR count). The van der Waals surface area contributed by atoms with Gasteiger partial charge in [0.15, 0.2) is 0 Å². The number of benzene rings is 1. The second-order valence-electron chi connectivity index (χ2n) is 6.73. The number of carbonyl (C=O) groups excluding carboxylic acids is 2. The molecule has 0 spiro atoms. The van der Waals surface area contributed by atoms with Gasteiger partial charge in [-0.2, -0.15) is 0 Å². The predicted molar refractivity (Wildman–Crippen MR) is 110 cm³/mol. The van der Waals surface area contributed by atoms with Gasteiger partial charge in [-0.15, -0.1) is 0 Å². The van der Waals surface area contributed by atoms with Crippen LogP contribution in [0, 0.1) is 10.1 Å². The SMILES string of the molecule is COCc1ccc(C(=O)OCc2cccc(COC(=O)c3ccc(COC)o3)c2[N+](=O)[O-])o1. The predicted octanol–water partition coefficient (Wildman–Crippen LogP) is 3.79. The van der Waals surface area contributed by atoms with Crippen molar-refractivity contribution in [1.29, 1.82) is 0 Å². The minimum atomic E-state index is -0.784. The fraction of sp³-hybridized carbons (Fsp3) is 0.273. The number of rotatable bonds is 11. The molecule has 11 heteroatoms. The summed E-state index contributed by atoms with van der Waals surface area (Å²) in [6.45, 7) is -0.387. The van der Waals surface area contributed by atoms with E-state index >= 15 is 0 Å². The van der Waals surface area contributed by atoms with Gasteiger partial charge in [-0.1, -0.05) is 6.07 Å². The third-order valence-corrected chi connectivity index (χ3v) is 4.40. The van der Waals surface area contributed by atoms with Gasteiger partial charge in [-0.05, 0) is 36.4 Å². The van der Waals surface area contributed by atoms with Gasteiger partial charge in [0, 0.05) is 14.2 Å². The molecule has 0 bridgehead atoms. The number of nitrogens with zero attached hydrogens (tertiary/aromatic N) is 1. The molecule has 174 valence electrons. The van der Waals surface area contributed by atoms with E-state index in [0.29, 0.717) is 11.5 Å². The zero-order chi connectivity index (χ0) is 23.8. The van der Waals surface area contributed by atoms with E-state index in [9.17, 15) is 19.7 Å². The summed E-state index contributed by atoms with van der Waals surface area (Å²) in [5.41, 5.74) is -0.0611. The average molecular weight is 459 g/mol. The molecule has 0 saturated carbocycles. The van der Waals surface area contributed by atoms with Gasteiger partial charge >= 0.3 is 11.9 Å². The number of ether oxygens (including phenoxy) is 4. The Morgan fingerprint density at radius 2 is 1.24 bits per heavy atom. The fourth-order valence-corrected chi connectivity index (χ4v) is 2.96. The number of nitro groups is 1. The van der Waals surface area contributed by atoms with Crippen LogP contribution < -0.4 is 0 Å². The van der Waals surface area contributed by atoms with E-state index < -0.39 is 16.9 Å². The van der Waals surface area contributed by atoms with Crippen LogP contribution in [0.5, 0.6) is 0 Å². The molecule has 0 fully saturated rings. The van der Waals surface area contributed by atoms with Crippen molar-refractivity contribution in [3.63, 3.8) is 0 Å². The molecule has 0 aliphatic carbocycles. The Hall–Kier alpha value is -3.96. The fourth-order valence-electron chi connectivity index (χ4n) is 2.96. The van der Waals surface area contributed by atoms with Gasteiger partial charge in [0.2, 0.25) is 11.5 Å². The number of para-hydroxylation sites is 1. The lowest BCUT2D eigenvalue weighted by Crippen LogP contribution is -2.09. The van der Waals surface area contributed by atoms with E-state index in [4.69, 9.17) is 27.8 Å². The molecule has 0 aliphatic rings. The lowest BCUT2D eigenvalue weighted by Gasteiger charge is -2.09. The topological polar surface area (TPSA) is 140 Å². The third-order valence-electron chi connectivity index (χ3n) is 4.40. The van der Waals surface area contributed by atoms with Crippen LogP contribution in [0.3, 0.4) is 0 Å². The highest BCUT2D eigenvalue weighted by Crippen LogP contribution is 2.26. The lowest BCUT2D eigenvalue weighted by molar-refractivity contribution is -0.386. The van der Waals surface area contributed by atoms with Crippen molar-refractivity contribution < 1.29 is 42.3 Å². The molecular weight excluding hydrogens is 438 g/mol. The highest BCUT2D eigenvalue weighted by molar-refractivity contribution is 5.86. The molecule has 0 aliphatic heterocycles. The molecule has 11 nitrogen and oxygen atoms in total. The van der Waals surface area contributed by atoms with Crippen LogP contribution >= 0.6 is 0 Å². The summed E-state index contributed by atoms with van der Waals surface area (Å²) in [6.07, 6.45) is 0. The van der Waals surface area contributed by atoms with Crippen LogP contribution in [0.15, 0.2) is 51.3 Å². The number of hydrogen-bond donors (Lipinski definition) is 0. The van der Waals surface area contributed by atoms with Gasteiger partial charge < -0.3 is 27.8 Å². The van der Waals surface area contributed by atoms with Gasteiger partial charge in [-0.25, -0.2) is 9.59 Å². The quantitative estimate of drug-likeness (QED) is 0.236. The molecule has 0 atom stereocenters. The van der Waals surface area contributed by atoms with Crippen LogP contribution in [0.4, 0.5) is 5.69 Å². The molecular formula is C22H21NO10. The van der Waals surface area contributed by atoms with Crippen LogP contribution in [-0.4, -0.2) is 31.1 Å². The number of furan rings is 2. The first kappa shape index (κ1) is 23.7. The highest BCUT2D eigenvalue weighted by Gasteiger charge is 2.23. The van der Waals surface area contributed by atoms with Gasteiger partial charge in [0.25, 0.3) is 5.69 Å². The maximum Gasteiger partial charge on any atom is 0.374 e. The van der Waals surface area contributed by atoms with Crippen LogP contribution in [-0.2, 0) is 45.4 Å². The first-order valence-corrected chi connectivity index (χ1v) is 9.67. The lowest BCUT2D eigenvalue weighted by atomic mass is 10.1. The largest absolute Gasteiger partial charge is 0.455 e. The molecule has 0 radical (unpaired) electrons. The van der Waals surface area contributed by atoms with Crippen molar-refractivity contribution in [3.05, 3.63) is 86.7 Å². The van der Waals surface area contributed by atoms with Crippen LogP contribution in [0.1, 0.15) is 43.8 Å². The summed E-state index contributed by atoms with van der Waals surface area (Å²) in [5.74, 6) is -0.807.